The Labute approximate surface area is 235 Å². The SMILES string of the molecule is Cc1ccc(Sc2ccc(Cl)cc2NC(=O)CSCc2nc3scc(-c4cccs4)c3c(=O)[nH]2)c(C)c1. The highest BCUT2D eigenvalue weighted by Crippen LogP contribution is 2.37. The van der Waals surface area contributed by atoms with Crippen LogP contribution in [0.2, 0.25) is 5.02 Å². The van der Waals surface area contributed by atoms with Gasteiger partial charge < -0.3 is 10.3 Å². The molecule has 2 aromatic carbocycles. The number of thiophene rings is 2. The highest BCUT2D eigenvalue weighted by molar-refractivity contribution is 7.99. The number of hydrogen-bond donors (Lipinski definition) is 2. The Bertz CT molecular complexity index is 1640. The normalized spacial score (nSPS) is 11.2. The molecule has 10 heteroatoms. The van der Waals surface area contributed by atoms with Gasteiger partial charge in [0.15, 0.2) is 0 Å². The first-order chi connectivity index (χ1) is 17.9. The number of carbonyl (C=O) groups is 1. The van der Waals surface area contributed by atoms with Crippen molar-refractivity contribution >= 4 is 79.6 Å². The number of nitrogens with zero attached hydrogens (tertiary/aromatic N) is 1. The van der Waals surface area contributed by atoms with Gasteiger partial charge in [0.1, 0.15) is 10.7 Å². The van der Waals surface area contributed by atoms with Gasteiger partial charge in [-0.05, 0) is 55.1 Å². The molecule has 0 atom stereocenters. The second-order valence-electron chi connectivity index (χ2n) is 8.37. The van der Waals surface area contributed by atoms with Crippen molar-refractivity contribution in [2.45, 2.75) is 29.4 Å². The highest BCUT2D eigenvalue weighted by atomic mass is 35.5. The van der Waals surface area contributed by atoms with Crippen LogP contribution < -0.4 is 10.9 Å². The lowest BCUT2D eigenvalue weighted by Crippen LogP contribution is -2.15. The van der Waals surface area contributed by atoms with E-state index in [1.807, 2.05) is 35.0 Å². The number of carbonyl (C=O) groups excluding carboxylic acids is 1. The molecule has 0 unspecified atom stereocenters. The van der Waals surface area contributed by atoms with E-state index in [2.05, 4.69) is 47.3 Å². The van der Waals surface area contributed by atoms with Crippen LogP contribution in [0.5, 0.6) is 0 Å². The Morgan fingerprint density at radius 2 is 1.95 bits per heavy atom. The summed E-state index contributed by atoms with van der Waals surface area (Å²) in [6, 6.07) is 15.8. The fourth-order valence-corrected chi connectivity index (χ4v) is 7.41. The number of halogens is 1. The lowest BCUT2D eigenvalue weighted by Gasteiger charge is -2.13. The van der Waals surface area contributed by atoms with Crippen molar-refractivity contribution < 1.29 is 4.79 Å². The second-order valence-corrected chi connectivity index (χ2v) is 12.7. The number of aromatic amines is 1. The number of fused-ring (bicyclic) bond motifs is 1. The van der Waals surface area contributed by atoms with Crippen LogP contribution in [0.3, 0.4) is 0 Å². The van der Waals surface area contributed by atoms with E-state index >= 15 is 0 Å². The van der Waals surface area contributed by atoms with Gasteiger partial charge >= 0.3 is 0 Å². The van der Waals surface area contributed by atoms with E-state index in [-0.39, 0.29) is 17.2 Å². The zero-order valence-electron chi connectivity index (χ0n) is 20.0. The van der Waals surface area contributed by atoms with Crippen molar-refractivity contribution in [1.82, 2.24) is 9.97 Å². The van der Waals surface area contributed by atoms with Gasteiger partial charge in [-0.3, -0.25) is 9.59 Å². The first-order valence-electron chi connectivity index (χ1n) is 11.3. The molecule has 0 radical (unpaired) electrons. The van der Waals surface area contributed by atoms with Gasteiger partial charge in [0, 0.05) is 30.6 Å². The number of nitrogens with one attached hydrogen (secondary N) is 2. The second kappa shape index (κ2) is 11.4. The molecular formula is C27H22ClN3O2S4. The zero-order valence-corrected chi connectivity index (χ0v) is 24.0. The number of aromatic nitrogens is 2. The summed E-state index contributed by atoms with van der Waals surface area (Å²) in [4.78, 5) is 36.9. The molecule has 5 rings (SSSR count). The van der Waals surface area contributed by atoms with Crippen LogP contribution in [0, 0.1) is 13.8 Å². The molecule has 37 heavy (non-hydrogen) atoms. The van der Waals surface area contributed by atoms with Crippen LogP contribution in [0.4, 0.5) is 5.69 Å². The molecule has 3 heterocycles. The minimum absolute atomic E-state index is 0.144. The summed E-state index contributed by atoms with van der Waals surface area (Å²) in [5.74, 6) is 1.05. The van der Waals surface area contributed by atoms with Gasteiger partial charge in [-0.25, -0.2) is 4.98 Å². The molecule has 0 bridgehead atoms. The third kappa shape index (κ3) is 6.13. The maximum atomic E-state index is 12.8. The zero-order chi connectivity index (χ0) is 25.9. The minimum Gasteiger partial charge on any atom is -0.324 e. The molecule has 0 aliphatic carbocycles. The van der Waals surface area contributed by atoms with E-state index in [0.717, 1.165) is 20.2 Å². The van der Waals surface area contributed by atoms with Crippen molar-refractivity contribution in [1.29, 1.82) is 0 Å². The Morgan fingerprint density at radius 1 is 1.11 bits per heavy atom. The maximum Gasteiger partial charge on any atom is 0.260 e. The molecule has 5 nitrogen and oxygen atoms in total. The fourth-order valence-electron chi connectivity index (χ4n) is 3.82. The van der Waals surface area contributed by atoms with Gasteiger partial charge in [0.25, 0.3) is 5.56 Å². The molecular weight excluding hydrogens is 562 g/mol. The van der Waals surface area contributed by atoms with E-state index in [1.165, 1.54) is 34.2 Å². The molecule has 1 amide bonds. The fraction of sp³-hybridized carbons (Fsp3) is 0.148. The molecule has 0 spiro atoms. The standard InChI is InChI=1S/C27H22ClN3O2S4/c1-15-5-7-20(16(2)10-15)37-22-8-6-17(28)11-19(22)29-24(32)14-34-13-23-30-26(33)25-18(12-36-27(25)31-23)21-4-3-9-35-21/h3-12H,13-14H2,1-2H3,(H,29,32)(H,30,31,33). The molecule has 188 valence electrons. The van der Waals surface area contributed by atoms with Crippen molar-refractivity contribution in [2.24, 2.45) is 0 Å². The molecule has 0 fully saturated rings. The Morgan fingerprint density at radius 3 is 2.73 bits per heavy atom. The van der Waals surface area contributed by atoms with Crippen LogP contribution in [-0.4, -0.2) is 21.6 Å². The summed E-state index contributed by atoms with van der Waals surface area (Å²) in [5.41, 5.74) is 3.83. The molecule has 0 saturated carbocycles. The Balaban J connectivity index is 1.24. The molecule has 0 aliphatic rings. The summed E-state index contributed by atoms with van der Waals surface area (Å²) in [7, 11) is 0. The van der Waals surface area contributed by atoms with E-state index in [9.17, 15) is 9.59 Å². The molecule has 0 aliphatic heterocycles. The topological polar surface area (TPSA) is 74.8 Å². The summed E-state index contributed by atoms with van der Waals surface area (Å²) in [6.45, 7) is 4.15. The smallest absolute Gasteiger partial charge is 0.260 e. The van der Waals surface area contributed by atoms with Crippen LogP contribution in [0.15, 0.2) is 73.9 Å². The lowest BCUT2D eigenvalue weighted by atomic mass is 10.2. The monoisotopic (exact) mass is 583 g/mol. The first-order valence-corrected chi connectivity index (χ1v) is 15.4. The number of rotatable bonds is 8. The van der Waals surface area contributed by atoms with E-state index in [0.29, 0.717) is 32.5 Å². The maximum absolute atomic E-state index is 12.8. The largest absolute Gasteiger partial charge is 0.324 e. The van der Waals surface area contributed by atoms with Crippen LogP contribution in [-0.2, 0) is 10.5 Å². The Hall–Kier alpha value is -2.56. The summed E-state index contributed by atoms with van der Waals surface area (Å²) in [6.07, 6.45) is 0. The van der Waals surface area contributed by atoms with Gasteiger partial charge in [0.2, 0.25) is 5.91 Å². The summed E-state index contributed by atoms with van der Waals surface area (Å²) >= 11 is 12.3. The molecule has 2 N–H and O–H groups in total. The van der Waals surface area contributed by atoms with Crippen LogP contribution in [0.25, 0.3) is 20.7 Å². The van der Waals surface area contributed by atoms with Gasteiger partial charge in [0.05, 0.1) is 22.6 Å². The number of thioether (sulfide) groups is 1. The van der Waals surface area contributed by atoms with Crippen LogP contribution in [0.1, 0.15) is 17.0 Å². The quantitative estimate of drug-likeness (QED) is 0.193. The van der Waals surface area contributed by atoms with Crippen LogP contribution >= 0.6 is 57.8 Å². The number of H-pyrrole nitrogens is 1. The van der Waals surface area contributed by atoms with E-state index < -0.39 is 0 Å². The highest BCUT2D eigenvalue weighted by Gasteiger charge is 2.15. The number of amides is 1. The third-order valence-corrected chi connectivity index (χ3v) is 9.73. The van der Waals surface area contributed by atoms with E-state index in [4.69, 9.17) is 11.6 Å². The summed E-state index contributed by atoms with van der Waals surface area (Å²) in [5, 5.41) is 8.14. The van der Waals surface area contributed by atoms with E-state index in [1.54, 1.807) is 29.2 Å². The number of hydrogen-bond acceptors (Lipinski definition) is 7. The predicted molar refractivity (Wildman–Crippen MR) is 160 cm³/mol. The lowest BCUT2D eigenvalue weighted by molar-refractivity contribution is -0.113. The molecule has 0 saturated heterocycles. The number of aryl methyl sites for hydroxylation is 2. The predicted octanol–water partition coefficient (Wildman–Crippen LogP) is 8.01. The van der Waals surface area contributed by atoms with Crippen molar-refractivity contribution in [3.63, 3.8) is 0 Å². The van der Waals surface area contributed by atoms with Crippen molar-refractivity contribution in [2.75, 3.05) is 11.1 Å². The number of anilines is 1. The van der Waals surface area contributed by atoms with Gasteiger partial charge in [-0.15, -0.1) is 34.4 Å². The minimum atomic E-state index is -0.151. The molecule has 5 aromatic rings. The third-order valence-electron chi connectivity index (χ3n) is 5.52. The van der Waals surface area contributed by atoms with Crippen molar-refractivity contribution in [3.05, 3.63) is 91.6 Å². The average Bonchev–Trinajstić information content (AvgIpc) is 3.52. The van der Waals surface area contributed by atoms with Gasteiger partial charge in [-0.1, -0.05) is 47.1 Å². The first kappa shape index (κ1) is 26.1. The molecule has 3 aromatic heterocycles. The van der Waals surface area contributed by atoms with Crippen molar-refractivity contribution in [3.8, 4) is 10.4 Å². The van der Waals surface area contributed by atoms with Gasteiger partial charge in [-0.2, -0.15) is 0 Å². The average molecular weight is 584 g/mol. The Kier molecular flexibility index (Phi) is 8.07. The summed E-state index contributed by atoms with van der Waals surface area (Å²) < 4.78 is 0. The number of benzene rings is 2.